The second-order valence-corrected chi connectivity index (χ2v) is 8.30. The number of amides is 2. The molecular weight excluding hydrogens is 422 g/mol. The van der Waals surface area contributed by atoms with E-state index < -0.39 is 0 Å². The lowest BCUT2D eigenvalue weighted by Gasteiger charge is -2.13. The molecule has 3 aromatic rings. The van der Waals surface area contributed by atoms with Crippen LogP contribution >= 0.6 is 11.8 Å². The maximum absolute atomic E-state index is 12.8. The highest BCUT2D eigenvalue weighted by Crippen LogP contribution is 2.34. The predicted octanol–water partition coefficient (Wildman–Crippen LogP) is 5.69. The lowest BCUT2D eigenvalue weighted by Crippen LogP contribution is -2.32. The van der Waals surface area contributed by atoms with Gasteiger partial charge < -0.3 is 9.47 Å². The average Bonchev–Trinajstić information content (AvgIpc) is 3.06. The van der Waals surface area contributed by atoms with Crippen molar-refractivity contribution in [2.45, 2.75) is 13.5 Å². The first-order chi connectivity index (χ1) is 15.6. The van der Waals surface area contributed by atoms with Gasteiger partial charge in [0.1, 0.15) is 24.7 Å². The van der Waals surface area contributed by atoms with Gasteiger partial charge in [0.2, 0.25) is 0 Å². The number of hydrogen-bond donors (Lipinski definition) is 0. The quantitative estimate of drug-likeness (QED) is 0.417. The zero-order chi connectivity index (χ0) is 22.3. The van der Waals surface area contributed by atoms with Gasteiger partial charge in [0.25, 0.3) is 11.1 Å². The number of aryl methyl sites for hydroxylation is 1. The summed E-state index contributed by atoms with van der Waals surface area (Å²) in [4.78, 5) is 26.8. The zero-order valence-corrected chi connectivity index (χ0v) is 18.5. The van der Waals surface area contributed by atoms with Gasteiger partial charge in [-0.25, -0.2) is 0 Å². The number of ether oxygens (including phenoxy) is 2. The van der Waals surface area contributed by atoms with E-state index in [1.165, 1.54) is 10.5 Å². The molecule has 1 heterocycles. The third-order valence-corrected chi connectivity index (χ3v) is 5.79. The molecule has 0 bridgehead atoms. The van der Waals surface area contributed by atoms with Crippen LogP contribution in [0.4, 0.5) is 4.79 Å². The predicted molar refractivity (Wildman–Crippen MR) is 127 cm³/mol. The van der Waals surface area contributed by atoms with Crippen molar-refractivity contribution in [3.63, 3.8) is 0 Å². The summed E-state index contributed by atoms with van der Waals surface area (Å²) in [6.07, 6.45) is 1.72. The second-order valence-electron chi connectivity index (χ2n) is 7.31. The zero-order valence-electron chi connectivity index (χ0n) is 17.7. The molecule has 1 aliphatic rings. The van der Waals surface area contributed by atoms with Crippen LogP contribution in [-0.4, -0.2) is 29.2 Å². The number of hydrogen-bond acceptors (Lipinski definition) is 5. The number of thioether (sulfide) groups is 1. The highest BCUT2D eigenvalue weighted by molar-refractivity contribution is 8.18. The Balaban J connectivity index is 1.42. The number of nitrogens with zero attached hydrogens (tertiary/aromatic N) is 1. The van der Waals surface area contributed by atoms with Crippen molar-refractivity contribution in [2.75, 3.05) is 13.2 Å². The van der Waals surface area contributed by atoms with E-state index >= 15 is 0 Å². The Morgan fingerprint density at radius 3 is 2.50 bits per heavy atom. The van der Waals surface area contributed by atoms with Gasteiger partial charge in [0.05, 0.1) is 11.4 Å². The molecule has 0 N–H and O–H groups in total. The summed E-state index contributed by atoms with van der Waals surface area (Å²) >= 11 is 0.935. The molecule has 0 aromatic heterocycles. The molecule has 4 rings (SSSR count). The highest BCUT2D eigenvalue weighted by atomic mass is 32.2. The molecule has 5 nitrogen and oxygen atoms in total. The van der Waals surface area contributed by atoms with Crippen LogP contribution in [0, 0.1) is 6.92 Å². The van der Waals surface area contributed by atoms with E-state index in [1.807, 2.05) is 79.7 Å². The fourth-order valence-corrected chi connectivity index (χ4v) is 4.16. The molecule has 32 heavy (non-hydrogen) atoms. The van der Waals surface area contributed by atoms with Crippen molar-refractivity contribution >= 4 is 29.0 Å². The molecule has 6 heteroatoms. The van der Waals surface area contributed by atoms with Gasteiger partial charge in [0, 0.05) is 5.56 Å². The summed E-state index contributed by atoms with van der Waals surface area (Å²) in [7, 11) is 0. The fourth-order valence-electron chi connectivity index (χ4n) is 3.30. The van der Waals surface area contributed by atoms with E-state index in [0.29, 0.717) is 23.0 Å². The van der Waals surface area contributed by atoms with E-state index in [4.69, 9.17) is 9.47 Å². The maximum atomic E-state index is 12.8. The smallest absolute Gasteiger partial charge is 0.293 e. The van der Waals surface area contributed by atoms with Crippen LogP contribution in [0.1, 0.15) is 16.7 Å². The van der Waals surface area contributed by atoms with E-state index in [0.717, 1.165) is 22.9 Å². The lowest BCUT2D eigenvalue weighted by molar-refractivity contribution is -0.123. The fraction of sp³-hybridized carbons (Fsp3) is 0.154. The maximum Gasteiger partial charge on any atom is 0.293 e. The topological polar surface area (TPSA) is 55.8 Å². The summed E-state index contributed by atoms with van der Waals surface area (Å²) < 4.78 is 11.6. The van der Waals surface area contributed by atoms with Gasteiger partial charge in [-0.2, -0.15) is 0 Å². The van der Waals surface area contributed by atoms with Gasteiger partial charge in [-0.1, -0.05) is 66.2 Å². The Labute approximate surface area is 191 Å². The molecule has 0 saturated carbocycles. The van der Waals surface area contributed by atoms with Crippen molar-refractivity contribution < 1.29 is 19.1 Å². The van der Waals surface area contributed by atoms with Crippen molar-refractivity contribution in [1.82, 2.24) is 4.90 Å². The summed E-state index contributed by atoms with van der Waals surface area (Å²) in [5.41, 5.74) is 2.99. The average molecular weight is 446 g/mol. The largest absolute Gasteiger partial charge is 0.492 e. The van der Waals surface area contributed by atoms with Crippen molar-refractivity contribution in [3.05, 3.63) is 100 Å². The first-order valence-corrected chi connectivity index (χ1v) is 11.1. The van der Waals surface area contributed by atoms with Crippen LogP contribution in [0.25, 0.3) is 6.08 Å². The Bertz CT molecular complexity index is 1140. The van der Waals surface area contributed by atoms with Gasteiger partial charge in [-0.15, -0.1) is 0 Å². The van der Waals surface area contributed by atoms with Crippen LogP contribution in [-0.2, 0) is 11.4 Å². The van der Waals surface area contributed by atoms with Crippen LogP contribution in [0.5, 0.6) is 11.5 Å². The summed E-state index contributed by atoms with van der Waals surface area (Å²) in [5.74, 6) is 1.05. The molecule has 1 aliphatic heterocycles. The Morgan fingerprint density at radius 2 is 1.69 bits per heavy atom. The molecule has 0 unspecified atom stereocenters. The third kappa shape index (κ3) is 5.39. The van der Waals surface area contributed by atoms with E-state index in [2.05, 4.69) is 6.07 Å². The van der Waals surface area contributed by atoms with E-state index in [9.17, 15) is 9.59 Å². The number of benzene rings is 3. The standard InChI is InChI=1S/C26H23NO4S/c1-19-8-7-9-20(16-19)18-31-23-13-6-5-10-21(23)17-24-25(28)27(26(29)32-24)14-15-30-22-11-3-2-4-12-22/h2-13,16-17H,14-15,18H2,1H3/b24-17-. The molecule has 2 amide bonds. The van der Waals surface area contributed by atoms with Gasteiger partial charge in [-0.3, -0.25) is 14.5 Å². The van der Waals surface area contributed by atoms with Crippen LogP contribution in [0.2, 0.25) is 0 Å². The highest BCUT2D eigenvalue weighted by Gasteiger charge is 2.35. The minimum Gasteiger partial charge on any atom is -0.492 e. The van der Waals surface area contributed by atoms with E-state index in [-0.39, 0.29) is 24.3 Å². The summed E-state index contributed by atoms with van der Waals surface area (Å²) in [6, 6.07) is 24.9. The number of carbonyl (C=O) groups excluding carboxylic acids is 2. The molecular formula is C26H23NO4S. The van der Waals surface area contributed by atoms with Gasteiger partial charge in [-0.05, 0) is 48.5 Å². The van der Waals surface area contributed by atoms with Crippen LogP contribution in [0.15, 0.2) is 83.8 Å². The number of carbonyl (C=O) groups is 2. The molecule has 1 fully saturated rings. The molecule has 3 aromatic carbocycles. The Hall–Kier alpha value is -3.51. The minimum atomic E-state index is -0.315. The number of para-hydroxylation sites is 2. The molecule has 0 radical (unpaired) electrons. The third-order valence-electron chi connectivity index (χ3n) is 4.88. The summed E-state index contributed by atoms with van der Waals surface area (Å²) in [5, 5.41) is -0.295. The minimum absolute atomic E-state index is 0.197. The molecule has 0 spiro atoms. The van der Waals surface area contributed by atoms with E-state index in [1.54, 1.807) is 6.08 Å². The van der Waals surface area contributed by atoms with Crippen molar-refractivity contribution in [1.29, 1.82) is 0 Å². The van der Waals surface area contributed by atoms with Crippen molar-refractivity contribution in [3.8, 4) is 11.5 Å². The second kappa shape index (κ2) is 10.2. The van der Waals surface area contributed by atoms with Crippen molar-refractivity contribution in [2.24, 2.45) is 0 Å². The SMILES string of the molecule is Cc1cccc(COc2ccccc2/C=C2\SC(=O)N(CCOc3ccccc3)C2=O)c1. The first-order valence-electron chi connectivity index (χ1n) is 10.3. The normalized spacial score (nSPS) is 14.8. The molecule has 0 aliphatic carbocycles. The first kappa shape index (κ1) is 21.7. The van der Waals surface area contributed by atoms with Crippen LogP contribution < -0.4 is 9.47 Å². The molecule has 0 atom stereocenters. The summed E-state index contributed by atoms with van der Waals surface area (Å²) in [6.45, 7) is 2.90. The number of imide groups is 1. The molecule has 1 saturated heterocycles. The van der Waals surface area contributed by atoms with Gasteiger partial charge >= 0.3 is 0 Å². The molecule has 162 valence electrons. The Morgan fingerprint density at radius 1 is 0.906 bits per heavy atom. The van der Waals surface area contributed by atoms with Crippen LogP contribution in [0.3, 0.4) is 0 Å². The Kier molecular flexibility index (Phi) is 6.92. The number of rotatable bonds is 8. The lowest BCUT2D eigenvalue weighted by atomic mass is 10.1. The van der Waals surface area contributed by atoms with Gasteiger partial charge in [0.15, 0.2) is 0 Å². The monoisotopic (exact) mass is 445 g/mol.